The highest BCUT2D eigenvalue weighted by atomic mass is 32.1. The monoisotopic (exact) mass is 806 g/mol. The van der Waals surface area contributed by atoms with Crippen molar-refractivity contribution in [1.29, 1.82) is 0 Å². The van der Waals surface area contributed by atoms with Gasteiger partial charge in [-0.1, -0.05) is 34.1 Å². The number of rotatable bonds is 15. The third kappa shape index (κ3) is 8.76. The third-order valence-corrected chi connectivity index (χ3v) is 12.4. The second-order valence-electron chi connectivity index (χ2n) is 17.3. The van der Waals surface area contributed by atoms with Gasteiger partial charge in [-0.05, 0) is 74.8 Å². The smallest absolute Gasteiger partial charge is 0.408 e. The van der Waals surface area contributed by atoms with E-state index in [2.05, 4.69) is 16.0 Å². The molecule has 1 aliphatic heterocycles. The molecule has 3 saturated carbocycles. The van der Waals surface area contributed by atoms with E-state index >= 15 is 0 Å². The second-order valence-corrected chi connectivity index (χ2v) is 18.2. The number of hydrogen-bond donors (Lipinski definition) is 5. The zero-order valence-electron chi connectivity index (χ0n) is 33.4. The largest absolute Gasteiger partial charge is 0.491 e. The minimum Gasteiger partial charge on any atom is -0.491 e. The summed E-state index contributed by atoms with van der Waals surface area (Å²) in [6, 6.07) is 5.11. The lowest BCUT2D eigenvalue weighted by Gasteiger charge is -2.35. The number of alkyl carbamates (subject to hydrolysis) is 1. The van der Waals surface area contributed by atoms with Crippen LogP contribution < -0.4 is 25.4 Å². The number of anilines is 1. The maximum atomic E-state index is 14.7. The third-order valence-electron chi connectivity index (χ3n) is 11.6. The summed E-state index contributed by atoms with van der Waals surface area (Å²) in [4.78, 5) is 65.6. The Kier molecular flexibility index (Phi) is 11.3. The van der Waals surface area contributed by atoms with Crippen LogP contribution in [0.15, 0.2) is 29.6 Å². The summed E-state index contributed by atoms with van der Waals surface area (Å²) in [6.45, 7) is 11.4. The molecule has 0 bridgehead atoms. The minimum absolute atomic E-state index is 0.0144. The number of carbonyl (C=O) groups is 4. The molecule has 8 atom stereocenters. The molecule has 3 amide bonds. The number of ether oxygens (including phenoxy) is 3. The zero-order chi connectivity index (χ0) is 40.8. The van der Waals surface area contributed by atoms with E-state index in [1.54, 1.807) is 24.3 Å². The number of aliphatic hydroxyl groups is 1. The fourth-order valence-electron chi connectivity index (χ4n) is 8.38. The van der Waals surface area contributed by atoms with Gasteiger partial charge in [-0.2, -0.15) is 0 Å². The van der Waals surface area contributed by atoms with Gasteiger partial charge in [0, 0.05) is 35.4 Å². The molecule has 0 spiro atoms. The van der Waals surface area contributed by atoms with Gasteiger partial charge in [0.25, 0.3) is 0 Å². The lowest BCUT2D eigenvalue weighted by molar-refractivity contribution is -0.146. The second kappa shape index (κ2) is 15.9. The van der Waals surface area contributed by atoms with Crippen molar-refractivity contribution in [3.63, 3.8) is 0 Å². The van der Waals surface area contributed by atoms with Crippen LogP contribution >= 0.6 is 11.3 Å². The van der Waals surface area contributed by atoms with Crippen LogP contribution in [-0.4, -0.2) is 105 Å². The maximum Gasteiger partial charge on any atom is 0.408 e. The molecule has 3 aliphatic carbocycles. The average Bonchev–Trinajstić information content (AvgIpc) is 3.82. The lowest BCUT2D eigenvalue weighted by Crippen LogP contribution is -2.59. The van der Waals surface area contributed by atoms with Crippen LogP contribution in [0, 0.1) is 23.2 Å². The number of aliphatic hydroxyl groups excluding tert-OH is 1. The Hall–Kier alpha value is -4.70. The number of thiazole rings is 1. The molecule has 2 unspecified atom stereocenters. The van der Waals surface area contributed by atoms with E-state index in [1.807, 2.05) is 46.9 Å². The van der Waals surface area contributed by atoms with Gasteiger partial charge in [0.15, 0.2) is 5.13 Å². The molecule has 3 aromatic rings. The first-order valence-electron chi connectivity index (χ1n) is 20.0. The summed E-state index contributed by atoms with van der Waals surface area (Å²) in [5.74, 6) is -0.277. The van der Waals surface area contributed by atoms with Gasteiger partial charge in [0.2, 0.25) is 11.8 Å². The number of pyridine rings is 1. The molecule has 7 rings (SSSR count). The average molecular weight is 807 g/mol. The standard InChI is InChI=1S/C41H54N6O9S/c1-7-24-18-41(24,37(51)52)46-35(49)32-16-27(19-47(32)36(50)34(40(4,5)6)45-39(53)56-26-13-22-12-23(22)14-26)55-33-17-30(31-20-57-38(44-31)42-21(2)3)43-29-15-25(54-11-10-48)8-9-28(29)33/h8-9,15,17,20-24,26-27,32,34,48H,7,10-14,16,18-19H2,1-6H3,(H,42,44)(H,45,53)(H,46,49)(H,51,52)/t22-,23+,24-,26?,27-,32+,34-,41?/m1/s1. The van der Waals surface area contributed by atoms with Gasteiger partial charge in [-0.3, -0.25) is 9.59 Å². The number of nitrogens with one attached hydrogen (secondary N) is 3. The fourth-order valence-corrected chi connectivity index (χ4v) is 9.24. The van der Waals surface area contributed by atoms with Gasteiger partial charge in [-0.15, -0.1) is 11.3 Å². The van der Waals surface area contributed by atoms with Crippen molar-refractivity contribution in [2.75, 3.05) is 25.1 Å². The molecule has 4 fully saturated rings. The van der Waals surface area contributed by atoms with E-state index in [1.165, 1.54) is 22.7 Å². The number of carbonyl (C=O) groups excluding carboxylic acids is 3. The van der Waals surface area contributed by atoms with E-state index in [-0.39, 0.29) is 44.2 Å². The van der Waals surface area contributed by atoms with Crippen molar-refractivity contribution in [1.82, 2.24) is 25.5 Å². The Balaban J connectivity index is 1.19. The minimum atomic E-state index is -1.41. The van der Waals surface area contributed by atoms with E-state index < -0.39 is 53.0 Å². The predicted molar refractivity (Wildman–Crippen MR) is 213 cm³/mol. The van der Waals surface area contributed by atoms with Crippen LogP contribution in [0.4, 0.5) is 9.93 Å². The number of aromatic nitrogens is 2. The number of benzene rings is 1. The number of carboxylic acids is 1. The van der Waals surface area contributed by atoms with Crippen molar-refractivity contribution in [3.05, 3.63) is 29.6 Å². The molecular formula is C41H54N6O9S. The highest BCUT2D eigenvalue weighted by Crippen LogP contribution is 2.52. The number of likely N-dealkylation sites (tertiary alicyclic amines) is 1. The van der Waals surface area contributed by atoms with Crippen LogP contribution in [-0.2, 0) is 19.1 Å². The molecule has 1 saturated heterocycles. The van der Waals surface area contributed by atoms with E-state index in [0.717, 1.165) is 18.0 Å². The number of carboxylic acid groups (broad SMARTS) is 1. The van der Waals surface area contributed by atoms with Crippen molar-refractivity contribution in [2.45, 2.75) is 116 Å². The first-order chi connectivity index (χ1) is 27.1. The van der Waals surface area contributed by atoms with Crippen LogP contribution in [0.5, 0.6) is 11.5 Å². The van der Waals surface area contributed by atoms with Crippen LogP contribution in [0.2, 0.25) is 0 Å². The molecule has 0 radical (unpaired) electrons. The van der Waals surface area contributed by atoms with Gasteiger partial charge in [0.1, 0.15) is 53.6 Å². The summed E-state index contributed by atoms with van der Waals surface area (Å²) in [5.41, 5.74) is -0.490. The van der Waals surface area contributed by atoms with E-state index in [9.17, 15) is 29.4 Å². The molecule has 308 valence electrons. The summed E-state index contributed by atoms with van der Waals surface area (Å²) >= 11 is 1.45. The summed E-state index contributed by atoms with van der Waals surface area (Å²) < 4.78 is 18.2. The fraction of sp³-hybridized carbons (Fsp3) is 0.610. The van der Waals surface area contributed by atoms with Crippen molar-refractivity contribution >= 4 is 51.2 Å². The molecule has 15 nitrogen and oxygen atoms in total. The Morgan fingerprint density at radius 1 is 1.04 bits per heavy atom. The summed E-state index contributed by atoms with van der Waals surface area (Å²) in [5, 5.41) is 31.7. The molecule has 2 aromatic heterocycles. The van der Waals surface area contributed by atoms with Gasteiger partial charge in [-0.25, -0.2) is 19.6 Å². The normalized spacial score (nSPS) is 26.8. The topological polar surface area (TPSA) is 202 Å². The van der Waals surface area contributed by atoms with Crippen molar-refractivity contribution in [3.8, 4) is 22.9 Å². The Morgan fingerprint density at radius 2 is 1.79 bits per heavy atom. The molecule has 16 heteroatoms. The Morgan fingerprint density at radius 3 is 2.44 bits per heavy atom. The number of nitrogens with zero attached hydrogens (tertiary/aromatic N) is 3. The van der Waals surface area contributed by atoms with E-state index in [0.29, 0.717) is 58.5 Å². The Bertz CT molecular complexity index is 2010. The zero-order valence-corrected chi connectivity index (χ0v) is 34.2. The van der Waals surface area contributed by atoms with Gasteiger partial charge >= 0.3 is 12.1 Å². The van der Waals surface area contributed by atoms with Crippen molar-refractivity contribution in [2.24, 2.45) is 23.2 Å². The molecule has 4 aliphatic rings. The quantitative estimate of drug-likeness (QED) is 0.135. The van der Waals surface area contributed by atoms with E-state index in [4.69, 9.17) is 24.2 Å². The molecule has 5 N–H and O–H groups in total. The molecule has 1 aromatic carbocycles. The highest BCUT2D eigenvalue weighted by molar-refractivity contribution is 7.14. The van der Waals surface area contributed by atoms with Gasteiger partial charge < -0.3 is 45.3 Å². The number of hydrogen-bond acceptors (Lipinski definition) is 12. The maximum absolute atomic E-state index is 14.7. The van der Waals surface area contributed by atoms with Crippen LogP contribution in [0.25, 0.3) is 22.3 Å². The number of aliphatic carboxylic acids is 1. The van der Waals surface area contributed by atoms with Crippen molar-refractivity contribution < 1.29 is 43.6 Å². The predicted octanol–water partition coefficient (Wildman–Crippen LogP) is 5.21. The molecule has 3 heterocycles. The highest BCUT2D eigenvalue weighted by Gasteiger charge is 2.61. The van der Waals surface area contributed by atoms with Crippen LogP contribution in [0.1, 0.15) is 80.1 Å². The SMILES string of the molecule is CC[C@@H]1CC1(NC(=O)[C@@H]1C[C@@H](Oc2cc(-c3csc(NC(C)C)n3)nc3cc(OCCO)ccc23)CN1C(=O)[C@@H](NC(=O)OC1C[C@@H]2C[C@@H]2C1)C(C)(C)C)C(=O)O. The summed E-state index contributed by atoms with van der Waals surface area (Å²) in [7, 11) is 0. The first-order valence-corrected chi connectivity index (χ1v) is 20.9. The Labute approximate surface area is 336 Å². The number of fused-ring (bicyclic) bond motifs is 2. The molecule has 57 heavy (non-hydrogen) atoms. The van der Waals surface area contributed by atoms with Gasteiger partial charge in [0.05, 0.1) is 24.4 Å². The first kappa shape index (κ1) is 40.5. The number of amides is 3. The molecular weight excluding hydrogens is 753 g/mol. The summed E-state index contributed by atoms with van der Waals surface area (Å²) in [6.07, 6.45) is 2.18. The lowest BCUT2D eigenvalue weighted by atomic mass is 9.85. The van der Waals surface area contributed by atoms with Crippen LogP contribution in [0.3, 0.4) is 0 Å².